The van der Waals surface area contributed by atoms with Crippen LogP contribution in [0.5, 0.6) is 5.75 Å². The van der Waals surface area contributed by atoms with E-state index in [2.05, 4.69) is 6.92 Å². The fourth-order valence-electron chi connectivity index (χ4n) is 2.72. The first-order chi connectivity index (χ1) is 9.10. The van der Waals surface area contributed by atoms with Crippen LogP contribution in [-0.2, 0) is 0 Å². The second-order valence-corrected chi connectivity index (χ2v) is 5.23. The van der Waals surface area contributed by atoms with Gasteiger partial charge < -0.3 is 15.6 Å². The van der Waals surface area contributed by atoms with Crippen molar-refractivity contribution in [2.45, 2.75) is 45.1 Å². The molecule has 1 fully saturated rings. The Morgan fingerprint density at radius 2 is 2.26 bits per heavy atom. The molecule has 19 heavy (non-hydrogen) atoms. The largest absolute Gasteiger partial charge is 0.490 e. The number of nitrogen functional groups attached to an aromatic ring is 1. The number of ether oxygens (including phenoxy) is 1. The first kappa shape index (κ1) is 13.7. The predicted octanol–water partition coefficient (Wildman–Crippen LogP) is 3.31. The molecule has 0 saturated heterocycles. The number of hydrogen-bond donors (Lipinski definition) is 2. The highest BCUT2D eigenvalue weighted by Gasteiger charge is 2.22. The maximum Gasteiger partial charge on any atom is 0.337 e. The third-order valence-electron chi connectivity index (χ3n) is 3.87. The van der Waals surface area contributed by atoms with E-state index in [1.807, 2.05) is 0 Å². The van der Waals surface area contributed by atoms with Crippen LogP contribution in [0.15, 0.2) is 18.2 Å². The number of carboxylic acid groups (broad SMARTS) is 1. The molecule has 4 heteroatoms. The summed E-state index contributed by atoms with van der Waals surface area (Å²) in [6.45, 7) is 2.21. The Bertz CT molecular complexity index is 459. The van der Waals surface area contributed by atoms with Crippen LogP contribution in [-0.4, -0.2) is 17.2 Å². The van der Waals surface area contributed by atoms with E-state index in [-0.39, 0.29) is 17.4 Å². The van der Waals surface area contributed by atoms with Gasteiger partial charge in [-0.05, 0) is 37.3 Å². The Kier molecular flexibility index (Phi) is 4.30. The molecule has 3 N–H and O–H groups in total. The van der Waals surface area contributed by atoms with Crippen molar-refractivity contribution in [2.24, 2.45) is 5.92 Å². The fraction of sp³-hybridized carbons (Fsp3) is 0.533. The van der Waals surface area contributed by atoms with Gasteiger partial charge in [0.1, 0.15) is 5.75 Å². The molecule has 2 unspecified atom stereocenters. The number of carbonyl (C=O) groups is 1. The first-order valence-corrected chi connectivity index (χ1v) is 6.89. The van der Waals surface area contributed by atoms with Crippen LogP contribution < -0.4 is 10.5 Å². The molecule has 1 aliphatic carbocycles. The van der Waals surface area contributed by atoms with E-state index >= 15 is 0 Å². The Labute approximate surface area is 113 Å². The molecule has 0 aliphatic heterocycles. The van der Waals surface area contributed by atoms with E-state index in [0.717, 1.165) is 18.8 Å². The van der Waals surface area contributed by atoms with Gasteiger partial charge in [0.05, 0.1) is 11.7 Å². The maximum absolute atomic E-state index is 10.9. The van der Waals surface area contributed by atoms with Gasteiger partial charge >= 0.3 is 5.97 Å². The molecule has 1 aliphatic rings. The molecule has 0 heterocycles. The van der Waals surface area contributed by atoms with Crippen molar-refractivity contribution < 1.29 is 14.6 Å². The normalized spacial score (nSPS) is 23.0. The fourth-order valence-corrected chi connectivity index (χ4v) is 2.72. The summed E-state index contributed by atoms with van der Waals surface area (Å²) in [6, 6.07) is 4.81. The molecular weight excluding hydrogens is 242 g/mol. The minimum Gasteiger partial charge on any atom is -0.490 e. The van der Waals surface area contributed by atoms with Gasteiger partial charge in [0.15, 0.2) is 0 Å². The van der Waals surface area contributed by atoms with E-state index in [4.69, 9.17) is 15.6 Å². The van der Waals surface area contributed by atoms with E-state index in [9.17, 15) is 4.79 Å². The molecule has 1 saturated carbocycles. The highest BCUT2D eigenvalue weighted by atomic mass is 16.5. The predicted molar refractivity (Wildman–Crippen MR) is 74.5 cm³/mol. The van der Waals surface area contributed by atoms with Crippen LogP contribution in [0.3, 0.4) is 0 Å². The smallest absolute Gasteiger partial charge is 0.337 e. The van der Waals surface area contributed by atoms with Crippen LogP contribution in [0.2, 0.25) is 0 Å². The quantitative estimate of drug-likeness (QED) is 0.817. The van der Waals surface area contributed by atoms with Gasteiger partial charge in [-0.25, -0.2) is 4.79 Å². The van der Waals surface area contributed by atoms with Gasteiger partial charge in [0.25, 0.3) is 0 Å². The second kappa shape index (κ2) is 5.95. The molecule has 0 aromatic heterocycles. The molecule has 0 amide bonds. The third kappa shape index (κ3) is 3.40. The molecule has 2 atom stereocenters. The zero-order valence-electron chi connectivity index (χ0n) is 11.3. The van der Waals surface area contributed by atoms with E-state index in [1.54, 1.807) is 12.1 Å². The van der Waals surface area contributed by atoms with E-state index in [1.165, 1.54) is 25.3 Å². The lowest BCUT2D eigenvalue weighted by atomic mass is 9.85. The monoisotopic (exact) mass is 263 g/mol. The number of aromatic carboxylic acids is 1. The highest BCUT2D eigenvalue weighted by Crippen LogP contribution is 2.30. The zero-order valence-corrected chi connectivity index (χ0v) is 11.3. The van der Waals surface area contributed by atoms with Crippen molar-refractivity contribution >= 4 is 11.7 Å². The van der Waals surface area contributed by atoms with Gasteiger partial charge in [0, 0.05) is 11.8 Å². The molecular formula is C15H21NO3. The van der Waals surface area contributed by atoms with Gasteiger partial charge in [-0.15, -0.1) is 0 Å². The summed E-state index contributed by atoms with van der Waals surface area (Å²) in [5.41, 5.74) is 6.10. The molecule has 0 bridgehead atoms. The Morgan fingerprint density at radius 3 is 2.89 bits per heavy atom. The summed E-state index contributed by atoms with van der Waals surface area (Å²) in [6.07, 6.45) is 6.06. The number of rotatable bonds is 4. The molecule has 104 valence electrons. The minimum atomic E-state index is -1.01. The standard InChI is InChI=1S/C15H21NO3/c1-2-10-4-3-5-11(8-10)19-12-6-7-13(15(17)18)14(16)9-12/h6-7,9-11H,2-5,8,16H2,1H3,(H,17,18). The number of benzene rings is 1. The van der Waals surface area contributed by atoms with Crippen LogP contribution in [0, 0.1) is 5.92 Å². The molecule has 0 radical (unpaired) electrons. The van der Waals surface area contributed by atoms with Crippen molar-refractivity contribution in [3.05, 3.63) is 23.8 Å². The number of carboxylic acids is 1. The lowest BCUT2D eigenvalue weighted by Gasteiger charge is -2.29. The van der Waals surface area contributed by atoms with Gasteiger partial charge in [0.2, 0.25) is 0 Å². The summed E-state index contributed by atoms with van der Waals surface area (Å²) >= 11 is 0. The third-order valence-corrected chi connectivity index (χ3v) is 3.87. The summed E-state index contributed by atoms with van der Waals surface area (Å²) in [7, 11) is 0. The lowest BCUT2D eigenvalue weighted by molar-refractivity contribution is 0.0698. The summed E-state index contributed by atoms with van der Waals surface area (Å²) in [4.78, 5) is 10.9. The van der Waals surface area contributed by atoms with Gasteiger partial charge in [-0.2, -0.15) is 0 Å². The Morgan fingerprint density at radius 1 is 1.47 bits per heavy atom. The molecule has 1 aromatic carbocycles. The number of anilines is 1. The zero-order chi connectivity index (χ0) is 13.8. The van der Waals surface area contributed by atoms with Crippen LogP contribution >= 0.6 is 0 Å². The van der Waals surface area contributed by atoms with Crippen LogP contribution in [0.4, 0.5) is 5.69 Å². The SMILES string of the molecule is CCC1CCCC(Oc2ccc(C(=O)O)c(N)c2)C1. The lowest BCUT2D eigenvalue weighted by Crippen LogP contribution is -2.25. The summed E-state index contributed by atoms with van der Waals surface area (Å²) in [5, 5.41) is 8.92. The topological polar surface area (TPSA) is 72.5 Å². The van der Waals surface area contributed by atoms with Crippen molar-refractivity contribution in [3.63, 3.8) is 0 Å². The van der Waals surface area contributed by atoms with Gasteiger partial charge in [-0.3, -0.25) is 0 Å². The first-order valence-electron chi connectivity index (χ1n) is 6.89. The number of nitrogens with two attached hydrogens (primary N) is 1. The molecule has 0 spiro atoms. The van der Waals surface area contributed by atoms with Gasteiger partial charge in [-0.1, -0.05) is 19.8 Å². The van der Waals surface area contributed by atoms with Crippen molar-refractivity contribution in [2.75, 3.05) is 5.73 Å². The van der Waals surface area contributed by atoms with E-state index < -0.39 is 5.97 Å². The van der Waals surface area contributed by atoms with Crippen LogP contribution in [0.1, 0.15) is 49.4 Å². The highest BCUT2D eigenvalue weighted by molar-refractivity contribution is 5.93. The van der Waals surface area contributed by atoms with Crippen molar-refractivity contribution in [3.8, 4) is 5.75 Å². The molecule has 4 nitrogen and oxygen atoms in total. The average Bonchev–Trinajstić information content (AvgIpc) is 2.38. The maximum atomic E-state index is 10.9. The summed E-state index contributed by atoms with van der Waals surface area (Å²) < 4.78 is 5.93. The average molecular weight is 263 g/mol. The molecule has 1 aromatic rings. The second-order valence-electron chi connectivity index (χ2n) is 5.23. The minimum absolute atomic E-state index is 0.127. The van der Waals surface area contributed by atoms with Crippen molar-refractivity contribution in [1.82, 2.24) is 0 Å². The Balaban J connectivity index is 2.03. The van der Waals surface area contributed by atoms with E-state index in [0.29, 0.717) is 5.75 Å². The summed E-state index contributed by atoms with van der Waals surface area (Å²) in [5.74, 6) is 0.409. The molecule has 2 rings (SSSR count). The van der Waals surface area contributed by atoms with Crippen LogP contribution in [0.25, 0.3) is 0 Å². The Hall–Kier alpha value is -1.71. The number of hydrogen-bond acceptors (Lipinski definition) is 3. The van der Waals surface area contributed by atoms with Crippen molar-refractivity contribution in [1.29, 1.82) is 0 Å².